The average Bonchev–Trinajstić information content (AvgIpc) is 2.82. The molecule has 1 aliphatic rings. The molecule has 1 N–H and O–H groups in total. The fourth-order valence-electron chi connectivity index (χ4n) is 2.15. The molecule has 1 aliphatic heterocycles. The Hall–Kier alpha value is -1.31. The maximum Gasteiger partial charge on any atom is 0.157 e. The van der Waals surface area contributed by atoms with Crippen LogP contribution in [0.1, 0.15) is 0 Å². The minimum Gasteiger partial charge on any atom is -0.379 e. The maximum atomic E-state index is 5.33. The SMILES string of the molecule is S=c1nc[nH]c2c1ncn2CCN1CCOCC1. The second-order valence-corrected chi connectivity index (χ2v) is 4.68. The lowest BCUT2D eigenvalue weighted by Crippen LogP contribution is -2.38. The van der Waals surface area contributed by atoms with Crippen LogP contribution in [0.25, 0.3) is 11.2 Å². The van der Waals surface area contributed by atoms with Gasteiger partial charge in [0.2, 0.25) is 0 Å². The summed E-state index contributed by atoms with van der Waals surface area (Å²) in [5.74, 6) is 0. The number of aromatic nitrogens is 4. The Kier molecular flexibility index (Phi) is 3.35. The highest BCUT2D eigenvalue weighted by molar-refractivity contribution is 7.71. The maximum absolute atomic E-state index is 5.33. The van der Waals surface area contributed by atoms with E-state index < -0.39 is 0 Å². The molecule has 1 fully saturated rings. The first-order valence-corrected chi connectivity index (χ1v) is 6.44. The number of rotatable bonds is 3. The third-order valence-electron chi connectivity index (χ3n) is 3.18. The number of nitrogens with zero attached hydrogens (tertiary/aromatic N) is 4. The van der Waals surface area contributed by atoms with Gasteiger partial charge >= 0.3 is 0 Å². The van der Waals surface area contributed by atoms with Crippen LogP contribution in [-0.4, -0.2) is 57.3 Å². The van der Waals surface area contributed by atoms with Crippen LogP contribution < -0.4 is 0 Å². The second-order valence-electron chi connectivity index (χ2n) is 4.30. The van der Waals surface area contributed by atoms with Crippen LogP contribution >= 0.6 is 12.2 Å². The number of nitrogens with one attached hydrogen (secondary N) is 1. The van der Waals surface area contributed by atoms with Gasteiger partial charge < -0.3 is 14.3 Å². The van der Waals surface area contributed by atoms with Crippen LogP contribution in [0.5, 0.6) is 0 Å². The smallest absolute Gasteiger partial charge is 0.157 e. The number of hydrogen-bond donors (Lipinski definition) is 1. The predicted octanol–water partition coefficient (Wildman–Crippen LogP) is 0.821. The normalized spacial score (nSPS) is 17.3. The van der Waals surface area contributed by atoms with E-state index >= 15 is 0 Å². The summed E-state index contributed by atoms with van der Waals surface area (Å²) in [6.07, 6.45) is 3.44. The van der Waals surface area contributed by atoms with Crippen molar-refractivity contribution in [1.82, 2.24) is 24.4 Å². The predicted molar refractivity (Wildman–Crippen MR) is 70.0 cm³/mol. The summed E-state index contributed by atoms with van der Waals surface area (Å²) in [4.78, 5) is 13.8. The van der Waals surface area contributed by atoms with Gasteiger partial charge in [-0.15, -0.1) is 0 Å². The number of morpholine rings is 1. The third-order valence-corrected chi connectivity index (χ3v) is 3.48. The van der Waals surface area contributed by atoms with Crippen LogP contribution in [0.3, 0.4) is 0 Å². The Labute approximate surface area is 110 Å². The first-order valence-electron chi connectivity index (χ1n) is 6.03. The van der Waals surface area contributed by atoms with Gasteiger partial charge in [0.1, 0.15) is 11.2 Å². The highest BCUT2D eigenvalue weighted by atomic mass is 32.1. The van der Waals surface area contributed by atoms with E-state index in [1.807, 2.05) is 6.33 Å². The van der Waals surface area contributed by atoms with Gasteiger partial charge in [-0.3, -0.25) is 4.90 Å². The molecule has 7 heteroatoms. The fraction of sp³-hybridized carbons (Fsp3) is 0.545. The third kappa shape index (κ3) is 2.29. The molecule has 0 aromatic carbocycles. The number of ether oxygens (including phenoxy) is 1. The van der Waals surface area contributed by atoms with E-state index in [-0.39, 0.29) is 0 Å². The zero-order valence-corrected chi connectivity index (χ0v) is 10.8. The zero-order valence-electron chi connectivity index (χ0n) is 10.0. The molecule has 0 aliphatic carbocycles. The van der Waals surface area contributed by atoms with Gasteiger partial charge in [-0.1, -0.05) is 12.2 Å². The van der Waals surface area contributed by atoms with Crippen LogP contribution in [0, 0.1) is 4.64 Å². The highest BCUT2D eigenvalue weighted by Gasteiger charge is 2.11. The molecule has 18 heavy (non-hydrogen) atoms. The van der Waals surface area contributed by atoms with Crippen molar-refractivity contribution in [2.24, 2.45) is 0 Å². The summed E-state index contributed by atoms with van der Waals surface area (Å²) in [6, 6.07) is 0. The number of aromatic amines is 1. The monoisotopic (exact) mass is 265 g/mol. The molecule has 2 aromatic rings. The van der Waals surface area contributed by atoms with Crippen molar-refractivity contribution in [2.45, 2.75) is 6.54 Å². The van der Waals surface area contributed by atoms with Crippen molar-refractivity contribution in [3.05, 3.63) is 17.3 Å². The second kappa shape index (κ2) is 5.13. The minimum atomic E-state index is 0.550. The molecule has 0 atom stereocenters. The average molecular weight is 265 g/mol. The Bertz CT molecular complexity index is 586. The van der Waals surface area contributed by atoms with Crippen molar-refractivity contribution in [3.63, 3.8) is 0 Å². The summed E-state index contributed by atoms with van der Waals surface area (Å²) in [7, 11) is 0. The standard InChI is InChI=1S/C11H15N5OS/c18-11-9-10(12-7-13-11)16(8-14-9)2-1-15-3-5-17-6-4-15/h7-8H,1-6H2,(H,12,13,18). The molecule has 0 radical (unpaired) electrons. The van der Waals surface area contributed by atoms with E-state index in [4.69, 9.17) is 17.0 Å². The van der Waals surface area contributed by atoms with Crippen molar-refractivity contribution in [2.75, 3.05) is 32.8 Å². The quantitative estimate of drug-likeness (QED) is 0.833. The van der Waals surface area contributed by atoms with E-state index in [1.165, 1.54) is 0 Å². The van der Waals surface area contributed by atoms with Crippen LogP contribution in [0.2, 0.25) is 0 Å². The molecule has 1 saturated heterocycles. The molecule has 0 spiro atoms. The molecule has 6 nitrogen and oxygen atoms in total. The molecule has 0 unspecified atom stereocenters. The first kappa shape index (κ1) is 11.8. The van der Waals surface area contributed by atoms with E-state index in [2.05, 4.69) is 24.4 Å². The largest absolute Gasteiger partial charge is 0.379 e. The van der Waals surface area contributed by atoms with Crippen LogP contribution in [-0.2, 0) is 11.3 Å². The van der Waals surface area contributed by atoms with Crippen molar-refractivity contribution >= 4 is 23.4 Å². The van der Waals surface area contributed by atoms with Gasteiger partial charge in [-0.05, 0) is 0 Å². The highest BCUT2D eigenvalue weighted by Crippen LogP contribution is 2.09. The molecule has 0 saturated carbocycles. The van der Waals surface area contributed by atoms with E-state index in [1.54, 1.807) is 6.33 Å². The summed E-state index contributed by atoms with van der Waals surface area (Å²) >= 11 is 5.14. The summed E-state index contributed by atoms with van der Waals surface area (Å²) in [5, 5.41) is 0. The first-order chi connectivity index (χ1) is 8.84. The Morgan fingerprint density at radius 2 is 2.11 bits per heavy atom. The number of imidazole rings is 1. The van der Waals surface area contributed by atoms with Crippen LogP contribution in [0.4, 0.5) is 0 Å². The van der Waals surface area contributed by atoms with E-state index in [0.29, 0.717) is 4.64 Å². The molecular formula is C11H15N5OS. The molecule has 3 heterocycles. The fourth-order valence-corrected chi connectivity index (χ4v) is 2.35. The molecule has 2 aromatic heterocycles. The number of hydrogen-bond acceptors (Lipinski definition) is 5. The van der Waals surface area contributed by atoms with Crippen molar-refractivity contribution < 1.29 is 4.74 Å². The Morgan fingerprint density at radius 3 is 2.94 bits per heavy atom. The van der Waals surface area contributed by atoms with Crippen molar-refractivity contribution in [1.29, 1.82) is 0 Å². The molecule has 0 amide bonds. The van der Waals surface area contributed by atoms with E-state index in [9.17, 15) is 0 Å². The molecule has 0 bridgehead atoms. The lowest BCUT2D eigenvalue weighted by atomic mass is 10.4. The Morgan fingerprint density at radius 1 is 1.28 bits per heavy atom. The van der Waals surface area contributed by atoms with Gasteiger partial charge in [0.05, 0.1) is 25.9 Å². The Balaban J connectivity index is 1.74. The number of fused-ring (bicyclic) bond motifs is 1. The van der Waals surface area contributed by atoms with Gasteiger partial charge in [0.15, 0.2) is 4.64 Å². The lowest BCUT2D eigenvalue weighted by molar-refractivity contribution is 0.0365. The summed E-state index contributed by atoms with van der Waals surface area (Å²) < 4.78 is 7.97. The van der Waals surface area contributed by atoms with E-state index in [0.717, 1.165) is 50.6 Å². The number of H-pyrrole nitrogens is 1. The summed E-state index contributed by atoms with van der Waals surface area (Å²) in [5.41, 5.74) is 1.72. The molecule has 96 valence electrons. The van der Waals surface area contributed by atoms with Crippen LogP contribution in [0.15, 0.2) is 12.7 Å². The lowest BCUT2D eigenvalue weighted by Gasteiger charge is -2.26. The molecular weight excluding hydrogens is 250 g/mol. The van der Waals surface area contributed by atoms with Gasteiger partial charge in [0, 0.05) is 26.2 Å². The topological polar surface area (TPSA) is 59.0 Å². The minimum absolute atomic E-state index is 0.550. The van der Waals surface area contributed by atoms with Gasteiger partial charge in [0.25, 0.3) is 0 Å². The zero-order chi connectivity index (χ0) is 12.4. The molecule has 3 rings (SSSR count). The van der Waals surface area contributed by atoms with Gasteiger partial charge in [-0.25, -0.2) is 9.97 Å². The van der Waals surface area contributed by atoms with Crippen molar-refractivity contribution in [3.8, 4) is 0 Å². The summed E-state index contributed by atoms with van der Waals surface area (Å²) in [6.45, 7) is 5.56. The van der Waals surface area contributed by atoms with Gasteiger partial charge in [-0.2, -0.15) is 0 Å².